The Kier molecular flexibility index (Phi) is 4.56. The van der Waals surface area contributed by atoms with Gasteiger partial charge in [-0.25, -0.2) is 4.39 Å². The van der Waals surface area contributed by atoms with Gasteiger partial charge in [-0.1, -0.05) is 12.1 Å². The van der Waals surface area contributed by atoms with Crippen molar-refractivity contribution in [2.45, 2.75) is 13.5 Å². The second-order valence-corrected chi connectivity index (χ2v) is 5.70. The number of pyridine rings is 1. The van der Waals surface area contributed by atoms with E-state index in [1.165, 1.54) is 16.7 Å². The minimum Gasteiger partial charge on any atom is -0.510 e. The van der Waals surface area contributed by atoms with E-state index >= 15 is 0 Å². The number of amides is 1. The second-order valence-electron chi connectivity index (χ2n) is 5.70. The molecule has 0 fully saturated rings. The maximum absolute atomic E-state index is 13.0. The number of aliphatic hydroxyl groups excluding tert-OH is 1. The molecule has 0 bridgehead atoms. The van der Waals surface area contributed by atoms with E-state index < -0.39 is 5.56 Å². The van der Waals surface area contributed by atoms with Crippen LogP contribution >= 0.6 is 0 Å². The summed E-state index contributed by atoms with van der Waals surface area (Å²) in [5.41, 5.74) is 0.619. The Hall–Kier alpha value is -3.09. The molecule has 0 spiro atoms. The number of rotatable bonds is 4. The molecule has 1 aliphatic rings. The van der Waals surface area contributed by atoms with E-state index in [-0.39, 0.29) is 41.5 Å². The monoisotopic (exact) mass is 343 g/mol. The lowest BCUT2D eigenvalue weighted by Gasteiger charge is -2.16. The number of benzene rings is 1. The Balaban J connectivity index is 2.12. The lowest BCUT2D eigenvalue weighted by atomic mass is 10.1. The van der Waals surface area contributed by atoms with Gasteiger partial charge < -0.3 is 20.3 Å². The van der Waals surface area contributed by atoms with Crippen molar-refractivity contribution in [3.8, 4) is 0 Å². The number of aliphatic hydroxyl groups is 1. The number of aromatic nitrogens is 1. The number of halogens is 1. The van der Waals surface area contributed by atoms with Gasteiger partial charge in [-0.05, 0) is 30.7 Å². The van der Waals surface area contributed by atoms with E-state index in [0.717, 1.165) is 5.56 Å². The van der Waals surface area contributed by atoms with Crippen LogP contribution in [0.3, 0.4) is 0 Å². The quantitative estimate of drug-likeness (QED) is 0.702. The average Bonchev–Trinajstić information content (AvgIpc) is 2.59. The van der Waals surface area contributed by atoms with Crippen LogP contribution in [0.15, 0.2) is 41.3 Å². The molecule has 0 atom stereocenters. The highest BCUT2D eigenvalue weighted by Crippen LogP contribution is 2.03. The van der Waals surface area contributed by atoms with Gasteiger partial charge in [0.15, 0.2) is 0 Å². The number of hydrogen-bond donors (Lipinski definition) is 3. The largest absolute Gasteiger partial charge is 0.510 e. The molecule has 1 aliphatic heterocycles. The fraction of sp³-hybridized carbons (Fsp3) is 0.222. The zero-order valence-corrected chi connectivity index (χ0v) is 13.7. The molecule has 0 saturated carbocycles. The van der Waals surface area contributed by atoms with Crippen molar-refractivity contribution < 1.29 is 14.3 Å². The smallest absolute Gasteiger partial charge is 0.268 e. The lowest BCUT2D eigenvalue weighted by molar-refractivity contribution is -0.115. The van der Waals surface area contributed by atoms with Crippen molar-refractivity contribution >= 4 is 17.4 Å². The molecule has 0 unspecified atom stereocenters. The maximum atomic E-state index is 13.0. The third-order valence-corrected chi connectivity index (χ3v) is 3.99. The third kappa shape index (κ3) is 3.26. The first kappa shape index (κ1) is 16.8. The fourth-order valence-corrected chi connectivity index (χ4v) is 2.78. The number of likely N-dealkylation sites (N-methyl/N-ethyl adjacent to an activating group) is 1. The van der Waals surface area contributed by atoms with E-state index in [1.54, 1.807) is 31.3 Å². The average molecular weight is 343 g/mol. The van der Waals surface area contributed by atoms with Gasteiger partial charge in [0, 0.05) is 18.0 Å². The summed E-state index contributed by atoms with van der Waals surface area (Å²) in [4.78, 5) is 24.9. The Morgan fingerprint density at radius 3 is 2.72 bits per heavy atom. The zero-order valence-electron chi connectivity index (χ0n) is 13.7. The molecule has 2 heterocycles. The Labute approximate surface area is 142 Å². The first-order valence-electron chi connectivity index (χ1n) is 7.93. The minimum atomic E-state index is -0.400. The molecule has 1 aromatic carbocycles. The second kappa shape index (κ2) is 6.80. The molecule has 0 radical (unpaired) electrons. The van der Waals surface area contributed by atoms with Crippen molar-refractivity contribution in [1.29, 1.82) is 0 Å². The van der Waals surface area contributed by atoms with Gasteiger partial charge in [-0.3, -0.25) is 9.59 Å². The summed E-state index contributed by atoms with van der Waals surface area (Å²) in [5.74, 6) is -0.784. The van der Waals surface area contributed by atoms with E-state index in [9.17, 15) is 19.1 Å². The molecule has 7 heteroatoms. The summed E-state index contributed by atoms with van der Waals surface area (Å²) >= 11 is 0. The Bertz CT molecular complexity index is 994. The number of nitrogens with zero attached hydrogens (tertiary/aromatic N) is 1. The molecule has 3 N–H and O–H groups in total. The number of fused-ring (bicyclic) bond motifs is 1. The normalized spacial score (nSPS) is 13.2. The maximum Gasteiger partial charge on any atom is 0.268 e. The van der Waals surface area contributed by atoms with Gasteiger partial charge in [0.25, 0.3) is 11.5 Å². The van der Waals surface area contributed by atoms with Gasteiger partial charge in [-0.2, -0.15) is 0 Å². The minimum absolute atomic E-state index is 0.00920. The molecule has 0 aliphatic carbocycles. The summed E-state index contributed by atoms with van der Waals surface area (Å²) < 4.78 is 14.4. The first-order chi connectivity index (χ1) is 12.0. The van der Waals surface area contributed by atoms with Crippen LogP contribution in [0.4, 0.5) is 4.39 Å². The lowest BCUT2D eigenvalue weighted by Crippen LogP contribution is -2.54. The molecule has 6 nitrogen and oxygen atoms in total. The van der Waals surface area contributed by atoms with Crippen LogP contribution in [-0.4, -0.2) is 28.7 Å². The van der Waals surface area contributed by atoms with E-state index in [2.05, 4.69) is 10.6 Å². The summed E-state index contributed by atoms with van der Waals surface area (Å²) in [7, 11) is 0. The van der Waals surface area contributed by atoms with Gasteiger partial charge in [0.1, 0.15) is 17.3 Å². The molecule has 2 aromatic rings. The van der Waals surface area contributed by atoms with Gasteiger partial charge in [-0.15, -0.1) is 0 Å². The van der Waals surface area contributed by atoms with Crippen LogP contribution in [0.1, 0.15) is 12.5 Å². The molecule has 1 amide bonds. The fourth-order valence-electron chi connectivity index (χ4n) is 2.78. The van der Waals surface area contributed by atoms with Crippen LogP contribution < -0.4 is 26.6 Å². The number of nitrogens with one attached hydrogen (secondary N) is 2. The SMILES string of the molecule is CCNC(=O)C1=c2ccn(Cc3ccc(F)cc3)c(=O)c2=C(O)CN1. The van der Waals surface area contributed by atoms with Crippen LogP contribution in [-0.2, 0) is 11.3 Å². The summed E-state index contributed by atoms with van der Waals surface area (Å²) in [5, 5.41) is 16.1. The molecule has 3 rings (SSSR count). The molecule has 0 saturated heterocycles. The Morgan fingerprint density at radius 2 is 2.04 bits per heavy atom. The number of carbonyl (C=O) groups excluding carboxylic acids is 1. The summed E-state index contributed by atoms with van der Waals surface area (Å²) in [6, 6.07) is 7.46. The highest BCUT2D eigenvalue weighted by atomic mass is 19.1. The van der Waals surface area contributed by atoms with E-state index in [0.29, 0.717) is 11.8 Å². The molecular formula is C18H18FN3O3. The van der Waals surface area contributed by atoms with Crippen LogP contribution in [0.5, 0.6) is 0 Å². The molecule has 25 heavy (non-hydrogen) atoms. The molecular weight excluding hydrogens is 325 g/mol. The molecule has 1 aromatic heterocycles. The topological polar surface area (TPSA) is 83.4 Å². The Morgan fingerprint density at radius 1 is 1.32 bits per heavy atom. The van der Waals surface area contributed by atoms with Gasteiger partial charge in [0.05, 0.1) is 18.3 Å². The third-order valence-electron chi connectivity index (χ3n) is 3.99. The van der Waals surface area contributed by atoms with Crippen molar-refractivity contribution in [1.82, 2.24) is 15.2 Å². The zero-order chi connectivity index (χ0) is 18.0. The number of hydrogen-bond acceptors (Lipinski definition) is 4. The van der Waals surface area contributed by atoms with Crippen molar-refractivity contribution in [2.24, 2.45) is 0 Å². The number of carbonyl (C=O) groups is 1. The van der Waals surface area contributed by atoms with Crippen LogP contribution in [0.25, 0.3) is 11.5 Å². The standard InChI is InChI=1S/C18H18FN3O3/c1-2-20-17(24)16-13-7-8-22(10-11-3-5-12(19)6-4-11)18(25)15(13)14(23)9-21-16/h3-8,21,23H,2,9-10H2,1H3,(H,20,24). The predicted molar refractivity (Wildman–Crippen MR) is 91.6 cm³/mol. The van der Waals surface area contributed by atoms with E-state index in [4.69, 9.17) is 0 Å². The van der Waals surface area contributed by atoms with Crippen molar-refractivity contribution in [3.63, 3.8) is 0 Å². The van der Waals surface area contributed by atoms with Gasteiger partial charge >= 0.3 is 0 Å². The molecule has 130 valence electrons. The predicted octanol–water partition coefficient (Wildman–Crippen LogP) is -0.451. The van der Waals surface area contributed by atoms with Crippen LogP contribution in [0.2, 0.25) is 0 Å². The highest BCUT2D eigenvalue weighted by Gasteiger charge is 2.18. The summed E-state index contributed by atoms with van der Waals surface area (Å²) in [6.45, 7) is 2.50. The van der Waals surface area contributed by atoms with Gasteiger partial charge in [0.2, 0.25) is 0 Å². The summed E-state index contributed by atoms with van der Waals surface area (Å²) in [6.07, 6.45) is 1.56. The van der Waals surface area contributed by atoms with Crippen LogP contribution in [0, 0.1) is 5.82 Å². The van der Waals surface area contributed by atoms with E-state index in [1.807, 2.05) is 0 Å². The van der Waals surface area contributed by atoms with Crippen molar-refractivity contribution in [3.05, 3.63) is 68.7 Å². The first-order valence-corrected chi connectivity index (χ1v) is 7.93. The van der Waals surface area contributed by atoms with Crippen molar-refractivity contribution in [2.75, 3.05) is 13.1 Å². The highest BCUT2D eigenvalue weighted by molar-refractivity contribution is 6.12.